The largest absolute Gasteiger partial charge is 0.496 e. The number of hydrogen-bond donors (Lipinski definition) is 0. The lowest BCUT2D eigenvalue weighted by molar-refractivity contribution is 0.376. The summed E-state index contributed by atoms with van der Waals surface area (Å²) in [5.41, 5.74) is 4.10. The minimum Gasteiger partial charge on any atom is -0.496 e. The summed E-state index contributed by atoms with van der Waals surface area (Å²) in [4.78, 5) is 8.95. The predicted octanol–water partition coefficient (Wildman–Crippen LogP) is 3.90. The molecule has 0 bridgehead atoms. The lowest BCUT2D eigenvalue weighted by atomic mass is 10.1. The molecule has 0 radical (unpaired) electrons. The molecule has 0 saturated heterocycles. The first-order chi connectivity index (χ1) is 12.8. The minimum absolute atomic E-state index is 0.603. The summed E-state index contributed by atoms with van der Waals surface area (Å²) in [6, 6.07) is 14.0. The Balaban J connectivity index is 1.54. The zero-order valence-electron chi connectivity index (χ0n) is 14.8. The van der Waals surface area contributed by atoms with Crippen molar-refractivity contribution in [1.82, 2.24) is 19.7 Å². The fourth-order valence-electron chi connectivity index (χ4n) is 3.07. The second-order valence-corrected chi connectivity index (χ2v) is 6.06. The molecule has 26 heavy (non-hydrogen) atoms. The Morgan fingerprint density at radius 1 is 1.12 bits per heavy atom. The highest BCUT2D eigenvalue weighted by Gasteiger charge is 2.12. The monoisotopic (exact) mass is 348 g/mol. The highest BCUT2D eigenvalue weighted by Crippen LogP contribution is 2.23. The van der Waals surface area contributed by atoms with Gasteiger partial charge in [-0.05, 0) is 43.2 Å². The SMILES string of the molecule is CCn1cnc2ccc(-c3noc(CCc4ccccc4OC)n3)cc21. The van der Waals surface area contributed by atoms with Crippen molar-refractivity contribution in [2.45, 2.75) is 26.3 Å². The van der Waals surface area contributed by atoms with Crippen molar-refractivity contribution in [3.05, 3.63) is 60.2 Å². The van der Waals surface area contributed by atoms with Crippen LogP contribution in [-0.2, 0) is 19.4 Å². The Morgan fingerprint density at radius 2 is 2.00 bits per heavy atom. The van der Waals surface area contributed by atoms with Gasteiger partial charge in [-0.2, -0.15) is 4.98 Å². The molecule has 0 aliphatic heterocycles. The van der Waals surface area contributed by atoms with Gasteiger partial charge in [0, 0.05) is 18.5 Å². The van der Waals surface area contributed by atoms with E-state index in [1.165, 1.54) is 0 Å². The molecule has 2 aromatic carbocycles. The van der Waals surface area contributed by atoms with E-state index in [9.17, 15) is 0 Å². The van der Waals surface area contributed by atoms with Crippen molar-refractivity contribution in [2.75, 3.05) is 7.11 Å². The molecule has 0 N–H and O–H groups in total. The van der Waals surface area contributed by atoms with Crippen LogP contribution >= 0.6 is 0 Å². The van der Waals surface area contributed by atoms with E-state index in [0.29, 0.717) is 18.1 Å². The zero-order valence-corrected chi connectivity index (χ0v) is 14.8. The summed E-state index contributed by atoms with van der Waals surface area (Å²) < 4.78 is 12.9. The number of imidazole rings is 1. The van der Waals surface area contributed by atoms with Gasteiger partial charge in [-0.1, -0.05) is 23.4 Å². The van der Waals surface area contributed by atoms with Gasteiger partial charge in [-0.3, -0.25) is 0 Å². The number of aryl methyl sites for hydroxylation is 3. The second-order valence-electron chi connectivity index (χ2n) is 6.06. The molecule has 4 aromatic rings. The smallest absolute Gasteiger partial charge is 0.227 e. The van der Waals surface area contributed by atoms with E-state index < -0.39 is 0 Å². The number of hydrogen-bond acceptors (Lipinski definition) is 5. The van der Waals surface area contributed by atoms with Crippen LogP contribution in [0.4, 0.5) is 0 Å². The van der Waals surface area contributed by atoms with Crippen LogP contribution in [0, 0.1) is 0 Å². The Kier molecular flexibility index (Phi) is 4.39. The third kappa shape index (κ3) is 3.06. The number of rotatable bonds is 6. The molecular weight excluding hydrogens is 328 g/mol. The molecule has 0 amide bonds. The predicted molar refractivity (Wildman–Crippen MR) is 99.1 cm³/mol. The molecule has 0 saturated carbocycles. The first-order valence-electron chi connectivity index (χ1n) is 8.68. The summed E-state index contributed by atoms with van der Waals surface area (Å²) >= 11 is 0. The number of methoxy groups -OCH3 is 1. The van der Waals surface area contributed by atoms with Crippen molar-refractivity contribution >= 4 is 11.0 Å². The first-order valence-corrected chi connectivity index (χ1v) is 8.68. The Morgan fingerprint density at radius 3 is 2.85 bits per heavy atom. The van der Waals surface area contributed by atoms with Gasteiger partial charge in [0.15, 0.2) is 0 Å². The molecule has 0 atom stereocenters. The van der Waals surface area contributed by atoms with Crippen molar-refractivity contribution in [3.63, 3.8) is 0 Å². The molecule has 0 fully saturated rings. The van der Waals surface area contributed by atoms with Crippen molar-refractivity contribution in [1.29, 1.82) is 0 Å². The maximum atomic E-state index is 5.44. The molecule has 0 aliphatic carbocycles. The Bertz CT molecular complexity index is 1040. The normalized spacial score (nSPS) is 11.2. The maximum absolute atomic E-state index is 5.44. The van der Waals surface area contributed by atoms with E-state index in [0.717, 1.165) is 40.9 Å². The van der Waals surface area contributed by atoms with Crippen LogP contribution in [0.25, 0.3) is 22.4 Å². The van der Waals surface area contributed by atoms with E-state index in [-0.39, 0.29) is 0 Å². The van der Waals surface area contributed by atoms with Crippen LogP contribution in [-0.4, -0.2) is 26.8 Å². The topological polar surface area (TPSA) is 66.0 Å². The molecular formula is C20H20N4O2. The molecule has 0 unspecified atom stereocenters. The van der Waals surface area contributed by atoms with E-state index in [4.69, 9.17) is 9.26 Å². The summed E-state index contributed by atoms with van der Waals surface area (Å²) in [6.07, 6.45) is 3.30. The first kappa shape index (κ1) is 16.3. The van der Waals surface area contributed by atoms with E-state index in [1.54, 1.807) is 7.11 Å². The van der Waals surface area contributed by atoms with Crippen LogP contribution in [0.15, 0.2) is 53.3 Å². The highest BCUT2D eigenvalue weighted by molar-refractivity contribution is 5.80. The number of ether oxygens (including phenoxy) is 1. The maximum Gasteiger partial charge on any atom is 0.227 e. The lowest BCUT2D eigenvalue weighted by Gasteiger charge is -2.06. The summed E-state index contributed by atoms with van der Waals surface area (Å²) in [6.45, 7) is 2.97. The van der Waals surface area contributed by atoms with Gasteiger partial charge < -0.3 is 13.8 Å². The average molecular weight is 348 g/mol. The van der Waals surface area contributed by atoms with Crippen LogP contribution in [0.5, 0.6) is 5.75 Å². The van der Waals surface area contributed by atoms with Gasteiger partial charge in [-0.25, -0.2) is 4.98 Å². The van der Waals surface area contributed by atoms with Crippen molar-refractivity contribution in [2.24, 2.45) is 0 Å². The molecule has 2 heterocycles. The van der Waals surface area contributed by atoms with Crippen molar-refractivity contribution in [3.8, 4) is 17.1 Å². The van der Waals surface area contributed by atoms with Gasteiger partial charge in [0.2, 0.25) is 11.7 Å². The van der Waals surface area contributed by atoms with Crippen LogP contribution in [0.3, 0.4) is 0 Å². The van der Waals surface area contributed by atoms with Crippen molar-refractivity contribution < 1.29 is 9.26 Å². The minimum atomic E-state index is 0.603. The van der Waals surface area contributed by atoms with Crippen LogP contribution < -0.4 is 4.74 Å². The number of fused-ring (bicyclic) bond motifs is 1. The number of benzene rings is 2. The summed E-state index contributed by atoms with van der Waals surface area (Å²) in [5.74, 6) is 2.10. The third-order valence-corrected chi connectivity index (χ3v) is 4.49. The average Bonchev–Trinajstić information content (AvgIpc) is 3.32. The highest BCUT2D eigenvalue weighted by atomic mass is 16.5. The van der Waals surface area contributed by atoms with Gasteiger partial charge in [0.05, 0.1) is 24.5 Å². The molecule has 0 aliphatic rings. The number of aromatic nitrogens is 4. The third-order valence-electron chi connectivity index (χ3n) is 4.49. The molecule has 6 nitrogen and oxygen atoms in total. The van der Waals surface area contributed by atoms with E-state index in [1.807, 2.05) is 36.7 Å². The van der Waals surface area contributed by atoms with E-state index in [2.05, 4.69) is 38.7 Å². The van der Waals surface area contributed by atoms with Gasteiger partial charge in [0.25, 0.3) is 0 Å². The number of para-hydroxylation sites is 1. The zero-order chi connectivity index (χ0) is 17.9. The Hall–Kier alpha value is -3.15. The van der Waals surface area contributed by atoms with Gasteiger partial charge >= 0.3 is 0 Å². The van der Waals surface area contributed by atoms with E-state index >= 15 is 0 Å². The van der Waals surface area contributed by atoms with Crippen LogP contribution in [0.1, 0.15) is 18.4 Å². The Labute approximate surface area is 151 Å². The standard InChI is InChI=1S/C20H20N4O2/c1-3-24-13-21-16-10-8-15(12-17(16)24)20-22-19(26-23-20)11-9-14-6-4-5-7-18(14)25-2/h4-8,10,12-13H,3,9,11H2,1-2H3. The van der Waals surface area contributed by atoms with Gasteiger partial charge in [-0.15, -0.1) is 0 Å². The molecule has 0 spiro atoms. The number of nitrogens with zero attached hydrogens (tertiary/aromatic N) is 4. The lowest BCUT2D eigenvalue weighted by Crippen LogP contribution is -1.95. The summed E-state index contributed by atoms with van der Waals surface area (Å²) in [5, 5.41) is 4.14. The quantitative estimate of drug-likeness (QED) is 0.529. The molecule has 132 valence electrons. The van der Waals surface area contributed by atoms with Crippen LogP contribution in [0.2, 0.25) is 0 Å². The molecule has 2 aromatic heterocycles. The second kappa shape index (κ2) is 7.00. The summed E-state index contributed by atoms with van der Waals surface area (Å²) in [7, 11) is 1.68. The molecule has 4 rings (SSSR count). The fraction of sp³-hybridized carbons (Fsp3) is 0.250. The fourth-order valence-corrected chi connectivity index (χ4v) is 3.07. The molecule has 6 heteroatoms. The van der Waals surface area contributed by atoms with Gasteiger partial charge in [0.1, 0.15) is 5.75 Å².